The number of hydrogen-bond acceptors (Lipinski definition) is 5. The number of rotatable bonds is 3. The molecule has 5 nitrogen and oxygen atoms in total. The third kappa shape index (κ3) is 3.12. The predicted molar refractivity (Wildman–Crippen MR) is 90.1 cm³/mol. The van der Waals surface area contributed by atoms with Crippen molar-refractivity contribution >= 4 is 28.5 Å². The van der Waals surface area contributed by atoms with Gasteiger partial charge in [0, 0.05) is 17.5 Å². The zero-order valence-corrected chi connectivity index (χ0v) is 13.7. The molecule has 0 amide bonds. The highest BCUT2D eigenvalue weighted by Gasteiger charge is 2.14. The van der Waals surface area contributed by atoms with Crippen molar-refractivity contribution in [3.63, 3.8) is 0 Å². The quantitative estimate of drug-likeness (QED) is 0.518. The Bertz CT molecular complexity index is 973. The molecule has 3 aromatic rings. The third-order valence-corrected chi connectivity index (χ3v) is 3.66. The molecule has 122 valence electrons. The Morgan fingerprint density at radius 2 is 1.79 bits per heavy atom. The molecule has 24 heavy (non-hydrogen) atoms. The summed E-state index contributed by atoms with van der Waals surface area (Å²) in [5, 5.41) is 0.913. The summed E-state index contributed by atoms with van der Waals surface area (Å²) in [6, 6.07) is 9.73. The SMILES string of the molecule is CC(=O)Oc1ccc2c(=O)c(Oc3ccc(Cl)cc3)coc2c1C. The normalized spacial score (nSPS) is 10.6. The van der Waals surface area contributed by atoms with Crippen LogP contribution >= 0.6 is 11.6 Å². The maximum atomic E-state index is 12.6. The summed E-state index contributed by atoms with van der Waals surface area (Å²) >= 11 is 5.82. The van der Waals surface area contributed by atoms with Crippen LogP contribution in [0, 0.1) is 6.92 Å². The van der Waals surface area contributed by atoms with E-state index in [1.807, 2.05) is 0 Å². The summed E-state index contributed by atoms with van der Waals surface area (Å²) in [7, 11) is 0. The Balaban J connectivity index is 2.03. The molecule has 0 saturated carbocycles. The largest absolute Gasteiger partial charge is 0.460 e. The van der Waals surface area contributed by atoms with Gasteiger partial charge in [0.15, 0.2) is 0 Å². The van der Waals surface area contributed by atoms with Crippen LogP contribution in [0.3, 0.4) is 0 Å². The van der Waals surface area contributed by atoms with Crippen LogP contribution in [0.15, 0.2) is 51.9 Å². The van der Waals surface area contributed by atoms with E-state index in [0.29, 0.717) is 33.1 Å². The van der Waals surface area contributed by atoms with Crippen molar-refractivity contribution < 1.29 is 18.7 Å². The van der Waals surface area contributed by atoms with E-state index in [0.717, 1.165) is 0 Å². The number of esters is 1. The molecule has 1 heterocycles. The molecule has 0 saturated heterocycles. The van der Waals surface area contributed by atoms with Gasteiger partial charge in [-0.2, -0.15) is 0 Å². The first-order valence-corrected chi connectivity index (χ1v) is 7.50. The molecule has 0 radical (unpaired) electrons. The minimum absolute atomic E-state index is 0.0597. The average molecular weight is 345 g/mol. The van der Waals surface area contributed by atoms with E-state index in [1.54, 1.807) is 43.3 Å². The predicted octanol–water partition coefficient (Wildman–Crippen LogP) is 4.47. The van der Waals surface area contributed by atoms with Crippen molar-refractivity contribution in [3.05, 3.63) is 63.5 Å². The topological polar surface area (TPSA) is 65.7 Å². The lowest BCUT2D eigenvalue weighted by atomic mass is 10.1. The van der Waals surface area contributed by atoms with Gasteiger partial charge < -0.3 is 13.9 Å². The maximum Gasteiger partial charge on any atom is 0.308 e. The fraction of sp³-hybridized carbons (Fsp3) is 0.111. The monoisotopic (exact) mass is 344 g/mol. The summed E-state index contributed by atoms with van der Waals surface area (Å²) in [6.45, 7) is 3.02. The van der Waals surface area contributed by atoms with Gasteiger partial charge >= 0.3 is 5.97 Å². The summed E-state index contributed by atoms with van der Waals surface area (Å²) in [4.78, 5) is 23.7. The smallest absolute Gasteiger partial charge is 0.308 e. The molecule has 0 bridgehead atoms. The molecule has 0 aliphatic carbocycles. The van der Waals surface area contributed by atoms with Crippen LogP contribution in [0.1, 0.15) is 12.5 Å². The second-order valence-electron chi connectivity index (χ2n) is 5.14. The highest BCUT2D eigenvalue weighted by Crippen LogP contribution is 2.28. The van der Waals surface area contributed by atoms with E-state index in [-0.39, 0.29) is 11.2 Å². The number of aryl methyl sites for hydroxylation is 1. The van der Waals surface area contributed by atoms with Crippen LogP contribution in [0.5, 0.6) is 17.2 Å². The van der Waals surface area contributed by atoms with Gasteiger partial charge in [-0.25, -0.2) is 0 Å². The number of carbonyl (C=O) groups is 1. The molecule has 0 unspecified atom stereocenters. The Morgan fingerprint density at radius 3 is 2.46 bits per heavy atom. The first-order valence-electron chi connectivity index (χ1n) is 7.12. The zero-order valence-electron chi connectivity index (χ0n) is 13.0. The van der Waals surface area contributed by atoms with Crippen LogP contribution in [0.4, 0.5) is 0 Å². The van der Waals surface area contributed by atoms with Gasteiger partial charge in [-0.3, -0.25) is 9.59 Å². The zero-order chi connectivity index (χ0) is 17.3. The highest BCUT2D eigenvalue weighted by molar-refractivity contribution is 6.30. The molecular formula is C18H13ClO5. The lowest BCUT2D eigenvalue weighted by molar-refractivity contribution is -0.131. The molecule has 3 rings (SSSR count). The maximum absolute atomic E-state index is 12.6. The number of hydrogen-bond donors (Lipinski definition) is 0. The van der Waals surface area contributed by atoms with Crippen LogP contribution in [-0.2, 0) is 4.79 Å². The average Bonchev–Trinajstić information content (AvgIpc) is 2.54. The molecular weight excluding hydrogens is 332 g/mol. The van der Waals surface area contributed by atoms with Crippen molar-refractivity contribution in [3.8, 4) is 17.2 Å². The van der Waals surface area contributed by atoms with E-state index in [1.165, 1.54) is 13.2 Å². The molecule has 6 heteroatoms. The number of carbonyl (C=O) groups excluding carboxylic acids is 1. The van der Waals surface area contributed by atoms with Crippen LogP contribution in [0.2, 0.25) is 5.02 Å². The van der Waals surface area contributed by atoms with Crippen molar-refractivity contribution in [2.75, 3.05) is 0 Å². The second kappa shape index (κ2) is 6.37. The molecule has 0 atom stereocenters. The van der Waals surface area contributed by atoms with E-state index >= 15 is 0 Å². The van der Waals surface area contributed by atoms with E-state index in [2.05, 4.69) is 0 Å². The number of halogens is 1. The molecule has 0 fully saturated rings. The Morgan fingerprint density at radius 1 is 1.08 bits per heavy atom. The lowest BCUT2D eigenvalue weighted by Gasteiger charge is -2.09. The van der Waals surface area contributed by atoms with Gasteiger partial charge in [0.25, 0.3) is 0 Å². The molecule has 1 aromatic heterocycles. The van der Waals surface area contributed by atoms with Gasteiger partial charge in [0.1, 0.15) is 23.3 Å². The van der Waals surface area contributed by atoms with Crippen molar-refractivity contribution in [2.24, 2.45) is 0 Å². The van der Waals surface area contributed by atoms with E-state index in [4.69, 9.17) is 25.5 Å². The molecule has 0 aliphatic heterocycles. The van der Waals surface area contributed by atoms with Crippen LogP contribution in [0.25, 0.3) is 11.0 Å². The van der Waals surface area contributed by atoms with Crippen LogP contribution < -0.4 is 14.9 Å². The Labute approximate surface area is 142 Å². The van der Waals surface area contributed by atoms with E-state index in [9.17, 15) is 9.59 Å². The minimum Gasteiger partial charge on any atom is -0.460 e. The Kier molecular flexibility index (Phi) is 4.27. The fourth-order valence-electron chi connectivity index (χ4n) is 2.27. The molecule has 0 aliphatic rings. The number of benzene rings is 2. The standard InChI is InChI=1S/C18H13ClO5/c1-10-15(23-11(2)20)8-7-14-17(21)16(9-22-18(10)14)24-13-5-3-12(19)4-6-13/h3-9H,1-2H3. The summed E-state index contributed by atoms with van der Waals surface area (Å²) in [6.07, 6.45) is 1.24. The number of fused-ring (bicyclic) bond motifs is 1. The second-order valence-corrected chi connectivity index (χ2v) is 5.58. The molecule has 0 N–H and O–H groups in total. The van der Waals surface area contributed by atoms with E-state index < -0.39 is 5.97 Å². The van der Waals surface area contributed by atoms with Crippen molar-refractivity contribution in [2.45, 2.75) is 13.8 Å². The third-order valence-electron chi connectivity index (χ3n) is 3.40. The van der Waals surface area contributed by atoms with Gasteiger partial charge in [0.05, 0.1) is 5.39 Å². The van der Waals surface area contributed by atoms with Gasteiger partial charge in [-0.15, -0.1) is 0 Å². The van der Waals surface area contributed by atoms with Crippen molar-refractivity contribution in [1.82, 2.24) is 0 Å². The van der Waals surface area contributed by atoms with Gasteiger partial charge in [0.2, 0.25) is 11.2 Å². The molecule has 0 spiro atoms. The van der Waals surface area contributed by atoms with Gasteiger partial charge in [-0.1, -0.05) is 11.6 Å². The summed E-state index contributed by atoms with van der Waals surface area (Å²) in [5.41, 5.74) is 0.601. The van der Waals surface area contributed by atoms with Gasteiger partial charge in [-0.05, 0) is 43.3 Å². The first-order chi connectivity index (χ1) is 11.5. The first kappa shape index (κ1) is 16.1. The van der Waals surface area contributed by atoms with Crippen LogP contribution in [-0.4, -0.2) is 5.97 Å². The van der Waals surface area contributed by atoms with Crippen molar-refractivity contribution in [1.29, 1.82) is 0 Å². The Hall–Kier alpha value is -2.79. The number of ether oxygens (including phenoxy) is 2. The minimum atomic E-state index is -0.442. The lowest BCUT2D eigenvalue weighted by Crippen LogP contribution is -2.07. The summed E-state index contributed by atoms with van der Waals surface area (Å²) in [5.74, 6) is 0.441. The fourth-order valence-corrected chi connectivity index (χ4v) is 2.39. The highest BCUT2D eigenvalue weighted by atomic mass is 35.5. The summed E-state index contributed by atoms with van der Waals surface area (Å²) < 4.78 is 16.2. The molecule has 2 aromatic carbocycles.